The Morgan fingerprint density at radius 3 is 2.00 bits per heavy atom. The van der Waals surface area contributed by atoms with Crippen molar-refractivity contribution >= 4 is 26.3 Å². The van der Waals surface area contributed by atoms with Crippen molar-refractivity contribution in [1.29, 1.82) is 0 Å². The second-order valence-electron chi connectivity index (χ2n) is 3.50. The first-order valence-corrected chi connectivity index (χ1v) is 9.01. The van der Waals surface area contributed by atoms with Crippen molar-refractivity contribution in [2.45, 2.75) is 38.4 Å². The van der Waals surface area contributed by atoms with Crippen LogP contribution in [0.1, 0.15) is 34.1 Å². The maximum atomic E-state index is 3.18. The predicted molar refractivity (Wildman–Crippen MR) is 46.4 cm³/mol. The molecule has 0 radical (unpaired) electrons. The Hall–Kier alpha value is 1.04. The van der Waals surface area contributed by atoms with E-state index >= 15 is 0 Å². The molecular weight excluding hydrogens is 242 g/mol. The molecule has 0 aromatic carbocycles. The minimum absolute atomic E-state index is 0.431. The Morgan fingerprint density at radius 2 is 1.89 bits per heavy atom. The van der Waals surface area contributed by atoms with E-state index in [9.17, 15) is 0 Å². The van der Waals surface area contributed by atoms with Crippen LogP contribution in [0.25, 0.3) is 0 Å². The molecule has 0 aliphatic heterocycles. The van der Waals surface area contributed by atoms with Crippen molar-refractivity contribution in [1.82, 2.24) is 0 Å². The molecule has 0 atom stereocenters. The molecule has 0 spiro atoms. The molecule has 0 fully saturated rings. The predicted octanol–water partition coefficient (Wildman–Crippen LogP) is 1.75. The molecule has 0 aliphatic carbocycles. The summed E-state index contributed by atoms with van der Waals surface area (Å²) in [5.74, 6) is 0.851. The van der Waals surface area contributed by atoms with E-state index in [0.29, 0.717) is 16.9 Å². The van der Waals surface area contributed by atoms with Crippen LogP contribution in [0.15, 0.2) is 0 Å². The number of rotatable bonds is 3. The molecule has 0 N–H and O–H groups in total. The molecule has 56 valence electrons. The molecule has 0 unspecified atom stereocenters. The fourth-order valence-corrected chi connectivity index (χ4v) is 2.77. The average molecular weight is 258 g/mol. The van der Waals surface area contributed by atoms with E-state index in [-0.39, 0.29) is 0 Å². The Bertz CT molecular complexity index is 95.1. The van der Waals surface area contributed by atoms with Crippen molar-refractivity contribution in [2.24, 2.45) is 5.92 Å². The zero-order chi connectivity index (χ0) is 7.49. The van der Waals surface area contributed by atoms with Gasteiger partial charge in [-0.15, -0.1) is 0 Å². The summed E-state index contributed by atoms with van der Waals surface area (Å²) in [6, 6.07) is 0. The Morgan fingerprint density at radius 1 is 1.44 bits per heavy atom. The molecule has 0 amide bonds. The van der Waals surface area contributed by atoms with Crippen LogP contribution in [0.4, 0.5) is 0 Å². The van der Waals surface area contributed by atoms with E-state index in [4.69, 9.17) is 0 Å². The fraction of sp³-hybridized carbons (Fsp3) is 1.00. The molecular formula is C7H16Se2. The van der Waals surface area contributed by atoms with Crippen LogP contribution in [0.2, 0.25) is 4.31 Å². The third-order valence-electron chi connectivity index (χ3n) is 1.15. The molecule has 0 saturated heterocycles. The molecule has 9 heavy (non-hydrogen) atoms. The van der Waals surface area contributed by atoms with E-state index < -0.39 is 0 Å². The van der Waals surface area contributed by atoms with Crippen LogP contribution in [0, 0.1) is 5.92 Å². The van der Waals surface area contributed by atoms with Gasteiger partial charge in [-0.1, -0.05) is 0 Å². The quantitative estimate of drug-likeness (QED) is 0.676. The third-order valence-corrected chi connectivity index (χ3v) is 7.96. The fourth-order valence-electron chi connectivity index (χ4n) is 1.04. The molecule has 0 bridgehead atoms. The van der Waals surface area contributed by atoms with Crippen LogP contribution >= 0.6 is 0 Å². The minimum atomic E-state index is 0.431. The molecule has 0 heterocycles. The first kappa shape index (κ1) is 10.0. The summed E-state index contributed by atoms with van der Waals surface area (Å²) in [4.78, 5) is 0. The van der Waals surface area contributed by atoms with Gasteiger partial charge in [-0.3, -0.25) is 0 Å². The van der Waals surface area contributed by atoms with Crippen LogP contribution < -0.4 is 0 Å². The Kier molecular flexibility index (Phi) is 4.50. The van der Waals surface area contributed by atoms with Gasteiger partial charge in [0.05, 0.1) is 0 Å². The van der Waals surface area contributed by atoms with Gasteiger partial charge in [0.2, 0.25) is 0 Å². The topological polar surface area (TPSA) is 0 Å². The number of hydrogen-bond acceptors (Lipinski definition) is 0. The van der Waals surface area contributed by atoms with Gasteiger partial charge in [-0.05, 0) is 0 Å². The summed E-state index contributed by atoms with van der Waals surface area (Å²) in [7, 11) is 0. The molecule has 0 nitrogen and oxygen atoms in total. The molecule has 2 heteroatoms. The molecule has 0 aromatic rings. The van der Waals surface area contributed by atoms with Gasteiger partial charge in [0, 0.05) is 0 Å². The summed E-state index contributed by atoms with van der Waals surface area (Å²) in [5.41, 5.74) is 0. The Balaban J connectivity index is 3.71. The first-order valence-electron chi connectivity index (χ1n) is 3.32. The number of hydrogen-bond donors (Lipinski definition) is 0. The Labute approximate surface area is 70.6 Å². The van der Waals surface area contributed by atoms with Gasteiger partial charge < -0.3 is 0 Å². The van der Waals surface area contributed by atoms with Crippen LogP contribution in [0.3, 0.4) is 0 Å². The summed E-state index contributed by atoms with van der Waals surface area (Å²) in [6.45, 7) is 9.28. The maximum absolute atomic E-state index is 3.18. The normalized spacial score (nSPS) is 12.6. The van der Waals surface area contributed by atoms with Crippen molar-refractivity contribution < 1.29 is 0 Å². The van der Waals surface area contributed by atoms with Crippen molar-refractivity contribution in [3.8, 4) is 0 Å². The SMILES string of the molecule is CC(C)CC(C)(C)[SeH]=[Se]. The molecule has 0 aliphatic rings. The van der Waals surface area contributed by atoms with Gasteiger partial charge in [0.25, 0.3) is 0 Å². The zero-order valence-electron chi connectivity index (χ0n) is 6.64. The molecule has 0 saturated carbocycles. The first-order chi connectivity index (χ1) is 3.98. The van der Waals surface area contributed by atoms with E-state index in [2.05, 4.69) is 41.3 Å². The van der Waals surface area contributed by atoms with Gasteiger partial charge in [0.15, 0.2) is 0 Å². The molecule has 0 rings (SSSR count). The van der Waals surface area contributed by atoms with Crippen LogP contribution in [-0.2, 0) is 0 Å². The summed E-state index contributed by atoms with van der Waals surface area (Å²) in [6.07, 6.45) is 1.36. The second-order valence-corrected chi connectivity index (χ2v) is 8.42. The van der Waals surface area contributed by atoms with E-state index in [0.717, 1.165) is 5.92 Å². The van der Waals surface area contributed by atoms with Crippen molar-refractivity contribution in [3.05, 3.63) is 0 Å². The van der Waals surface area contributed by atoms with E-state index in [1.54, 1.807) is 0 Å². The summed E-state index contributed by atoms with van der Waals surface area (Å²) < 4.78 is 0.602. The third kappa shape index (κ3) is 5.48. The van der Waals surface area contributed by atoms with Gasteiger partial charge >= 0.3 is 70.6 Å². The van der Waals surface area contributed by atoms with Gasteiger partial charge in [-0.2, -0.15) is 0 Å². The monoisotopic (exact) mass is 260 g/mol. The van der Waals surface area contributed by atoms with E-state index in [1.165, 1.54) is 6.42 Å². The molecule has 0 aromatic heterocycles. The average Bonchev–Trinajstić information content (AvgIpc) is 1.63. The van der Waals surface area contributed by atoms with E-state index in [1.807, 2.05) is 0 Å². The summed E-state index contributed by atoms with van der Waals surface area (Å²) in [5, 5.41) is 0. The van der Waals surface area contributed by atoms with Gasteiger partial charge in [0.1, 0.15) is 0 Å². The zero-order valence-corrected chi connectivity index (χ0v) is 10.2. The van der Waals surface area contributed by atoms with Crippen LogP contribution in [0.5, 0.6) is 0 Å². The standard InChI is InChI=1S/C7H16Se2/c1-6(2)5-7(3,4)9-8/h6,9H,5H2,1-4H3. The van der Waals surface area contributed by atoms with Crippen LogP contribution in [-0.4, -0.2) is 26.3 Å². The van der Waals surface area contributed by atoms with Gasteiger partial charge in [-0.25, -0.2) is 0 Å². The van der Waals surface area contributed by atoms with Crippen molar-refractivity contribution in [3.63, 3.8) is 0 Å². The van der Waals surface area contributed by atoms with Crippen molar-refractivity contribution in [2.75, 3.05) is 0 Å². The summed E-state index contributed by atoms with van der Waals surface area (Å²) >= 11 is 3.61. The second kappa shape index (κ2) is 4.03.